The van der Waals surface area contributed by atoms with E-state index in [1.807, 2.05) is 53.7 Å². The van der Waals surface area contributed by atoms with Crippen LogP contribution in [-0.4, -0.2) is 51.4 Å². The van der Waals surface area contributed by atoms with Gasteiger partial charge < -0.3 is 9.47 Å². The van der Waals surface area contributed by atoms with E-state index in [2.05, 4.69) is 38.7 Å². The number of carbonyl (C=O) groups is 1. The van der Waals surface area contributed by atoms with Gasteiger partial charge >= 0.3 is 0 Å². The van der Waals surface area contributed by atoms with Crippen molar-refractivity contribution in [1.29, 1.82) is 0 Å². The van der Waals surface area contributed by atoms with Gasteiger partial charge in [0.2, 0.25) is 0 Å². The third kappa shape index (κ3) is 4.26. The second-order valence-electron chi connectivity index (χ2n) is 6.89. The largest absolute Gasteiger partial charge is 0.336 e. The fourth-order valence-corrected chi connectivity index (χ4v) is 3.49. The molecule has 1 aliphatic rings. The Balaban J connectivity index is 1.34. The summed E-state index contributed by atoms with van der Waals surface area (Å²) in [5.41, 5.74) is 2.04. The van der Waals surface area contributed by atoms with Gasteiger partial charge in [-0.1, -0.05) is 48.5 Å². The van der Waals surface area contributed by atoms with Crippen molar-refractivity contribution in [3.8, 4) is 0 Å². The van der Waals surface area contributed by atoms with E-state index in [1.54, 1.807) is 0 Å². The van der Waals surface area contributed by atoms with Gasteiger partial charge in [-0.25, -0.2) is 4.98 Å². The second kappa shape index (κ2) is 8.18. The number of hydrogen-bond acceptors (Lipinski definition) is 3. The molecule has 0 radical (unpaired) electrons. The van der Waals surface area contributed by atoms with Crippen molar-refractivity contribution >= 4 is 5.91 Å². The molecule has 5 heteroatoms. The molecule has 27 heavy (non-hydrogen) atoms. The highest BCUT2D eigenvalue weighted by Gasteiger charge is 2.22. The quantitative estimate of drug-likeness (QED) is 0.703. The highest BCUT2D eigenvalue weighted by molar-refractivity contribution is 5.94. The number of benzene rings is 2. The number of carbonyl (C=O) groups excluding carboxylic acids is 1. The second-order valence-corrected chi connectivity index (χ2v) is 6.89. The molecule has 1 saturated heterocycles. The van der Waals surface area contributed by atoms with E-state index in [0.717, 1.165) is 50.7 Å². The Labute approximate surface area is 159 Å². The van der Waals surface area contributed by atoms with Crippen molar-refractivity contribution in [2.75, 3.05) is 26.2 Å². The highest BCUT2D eigenvalue weighted by Crippen LogP contribution is 2.12. The molecular weight excluding hydrogens is 336 g/mol. The lowest BCUT2D eigenvalue weighted by Crippen LogP contribution is -2.48. The lowest BCUT2D eigenvalue weighted by Gasteiger charge is -2.34. The number of hydrogen-bond donors (Lipinski definition) is 0. The molecule has 2 aromatic carbocycles. The maximum Gasteiger partial charge on any atom is 0.253 e. The fraction of sp³-hybridized carbons (Fsp3) is 0.273. The van der Waals surface area contributed by atoms with Gasteiger partial charge in [0.15, 0.2) is 0 Å². The minimum Gasteiger partial charge on any atom is -0.336 e. The maximum atomic E-state index is 12.6. The molecule has 0 N–H and O–H groups in total. The molecular formula is C22H24N4O. The normalized spacial score (nSPS) is 15.0. The first kappa shape index (κ1) is 17.5. The summed E-state index contributed by atoms with van der Waals surface area (Å²) in [5, 5.41) is 0. The number of amides is 1. The van der Waals surface area contributed by atoms with Crippen LogP contribution in [0.2, 0.25) is 0 Å². The summed E-state index contributed by atoms with van der Waals surface area (Å²) in [6, 6.07) is 20.0. The average Bonchev–Trinajstić information content (AvgIpc) is 3.16. The Hall–Kier alpha value is -2.92. The van der Waals surface area contributed by atoms with Crippen molar-refractivity contribution in [2.45, 2.75) is 13.1 Å². The van der Waals surface area contributed by atoms with E-state index in [9.17, 15) is 4.79 Å². The van der Waals surface area contributed by atoms with Crippen LogP contribution in [0.15, 0.2) is 73.1 Å². The zero-order valence-electron chi connectivity index (χ0n) is 15.4. The predicted molar refractivity (Wildman–Crippen MR) is 105 cm³/mol. The zero-order valence-corrected chi connectivity index (χ0v) is 15.4. The number of aromatic nitrogens is 2. The summed E-state index contributed by atoms with van der Waals surface area (Å²) in [6.45, 7) is 4.91. The Bertz CT molecular complexity index is 868. The van der Waals surface area contributed by atoms with Crippen LogP contribution in [0.25, 0.3) is 0 Å². The van der Waals surface area contributed by atoms with Gasteiger partial charge in [-0.15, -0.1) is 0 Å². The van der Waals surface area contributed by atoms with Crippen molar-refractivity contribution in [1.82, 2.24) is 19.4 Å². The lowest BCUT2D eigenvalue weighted by molar-refractivity contribution is 0.0624. The van der Waals surface area contributed by atoms with Gasteiger partial charge in [0.25, 0.3) is 5.91 Å². The van der Waals surface area contributed by atoms with E-state index in [1.165, 1.54) is 5.56 Å². The average molecular weight is 360 g/mol. The molecule has 1 fully saturated rings. The third-order valence-corrected chi connectivity index (χ3v) is 5.04. The maximum absolute atomic E-state index is 12.6. The Kier molecular flexibility index (Phi) is 5.30. The molecule has 4 rings (SSSR count). The molecule has 1 aromatic heterocycles. The molecule has 0 spiro atoms. The minimum atomic E-state index is 0.126. The molecule has 3 aromatic rings. The van der Waals surface area contributed by atoms with Crippen LogP contribution in [0.4, 0.5) is 0 Å². The molecule has 1 amide bonds. The van der Waals surface area contributed by atoms with Crippen LogP contribution in [-0.2, 0) is 13.1 Å². The Morgan fingerprint density at radius 1 is 0.852 bits per heavy atom. The molecule has 0 bridgehead atoms. The molecule has 2 heterocycles. The minimum absolute atomic E-state index is 0.126. The smallest absolute Gasteiger partial charge is 0.253 e. The number of imidazole rings is 1. The van der Waals surface area contributed by atoms with E-state index in [0.29, 0.717) is 0 Å². The molecule has 0 atom stereocenters. The first-order chi connectivity index (χ1) is 13.3. The topological polar surface area (TPSA) is 41.4 Å². The molecule has 0 saturated carbocycles. The van der Waals surface area contributed by atoms with Gasteiger partial charge in [-0.3, -0.25) is 9.69 Å². The van der Waals surface area contributed by atoms with Crippen molar-refractivity contribution in [3.63, 3.8) is 0 Å². The summed E-state index contributed by atoms with van der Waals surface area (Å²) < 4.78 is 2.21. The first-order valence-corrected chi connectivity index (χ1v) is 9.40. The van der Waals surface area contributed by atoms with Gasteiger partial charge in [0.05, 0.1) is 6.54 Å². The van der Waals surface area contributed by atoms with Crippen LogP contribution >= 0.6 is 0 Å². The third-order valence-electron chi connectivity index (χ3n) is 5.04. The zero-order chi connectivity index (χ0) is 18.5. The first-order valence-electron chi connectivity index (χ1n) is 9.40. The van der Waals surface area contributed by atoms with Crippen LogP contribution in [0.3, 0.4) is 0 Å². The highest BCUT2D eigenvalue weighted by atomic mass is 16.2. The van der Waals surface area contributed by atoms with Gasteiger partial charge in [-0.2, -0.15) is 0 Å². The molecule has 1 aliphatic heterocycles. The van der Waals surface area contributed by atoms with Gasteiger partial charge in [-0.05, 0) is 17.7 Å². The van der Waals surface area contributed by atoms with E-state index in [4.69, 9.17) is 0 Å². The molecule has 0 unspecified atom stereocenters. The van der Waals surface area contributed by atoms with Gasteiger partial charge in [0, 0.05) is 50.7 Å². The summed E-state index contributed by atoms with van der Waals surface area (Å²) >= 11 is 0. The molecule has 138 valence electrons. The van der Waals surface area contributed by atoms with E-state index >= 15 is 0 Å². The van der Waals surface area contributed by atoms with Crippen molar-refractivity contribution in [3.05, 3.63) is 90.0 Å². The van der Waals surface area contributed by atoms with Gasteiger partial charge in [0.1, 0.15) is 5.82 Å². The standard InChI is InChI=1S/C22H24N4O/c27-22(20-9-5-2-6-10-20)25-15-13-24(14-16-25)18-21-23-11-12-26(21)17-19-7-3-1-4-8-19/h1-12H,13-18H2. The van der Waals surface area contributed by atoms with Crippen LogP contribution in [0.5, 0.6) is 0 Å². The van der Waals surface area contributed by atoms with Crippen molar-refractivity contribution in [2.24, 2.45) is 0 Å². The summed E-state index contributed by atoms with van der Waals surface area (Å²) in [7, 11) is 0. The SMILES string of the molecule is O=C(c1ccccc1)N1CCN(Cc2nccn2Cc2ccccc2)CC1. The predicted octanol–water partition coefficient (Wildman–Crippen LogP) is 2.89. The molecule has 0 aliphatic carbocycles. The number of rotatable bonds is 5. The monoisotopic (exact) mass is 360 g/mol. The summed E-state index contributed by atoms with van der Waals surface area (Å²) in [6.07, 6.45) is 3.91. The summed E-state index contributed by atoms with van der Waals surface area (Å²) in [4.78, 5) is 21.4. The summed E-state index contributed by atoms with van der Waals surface area (Å²) in [5.74, 6) is 1.20. The van der Waals surface area contributed by atoms with Crippen LogP contribution in [0.1, 0.15) is 21.7 Å². The Morgan fingerprint density at radius 3 is 2.22 bits per heavy atom. The van der Waals surface area contributed by atoms with Crippen molar-refractivity contribution < 1.29 is 4.79 Å². The van der Waals surface area contributed by atoms with E-state index in [-0.39, 0.29) is 5.91 Å². The fourth-order valence-electron chi connectivity index (χ4n) is 3.49. The molecule has 5 nitrogen and oxygen atoms in total. The van der Waals surface area contributed by atoms with Crippen LogP contribution in [0, 0.1) is 0 Å². The number of nitrogens with zero attached hydrogens (tertiary/aromatic N) is 4. The lowest BCUT2D eigenvalue weighted by atomic mass is 10.2. The van der Waals surface area contributed by atoms with Crippen LogP contribution < -0.4 is 0 Å². The Morgan fingerprint density at radius 2 is 1.52 bits per heavy atom. The van der Waals surface area contributed by atoms with E-state index < -0.39 is 0 Å². The number of piperazine rings is 1.